The fraction of sp³-hybridized carbons (Fsp3) is 0.562. The fourth-order valence-corrected chi connectivity index (χ4v) is 2.13. The summed E-state index contributed by atoms with van der Waals surface area (Å²) in [5.74, 6) is 0.744. The minimum Gasteiger partial charge on any atom is -0.496 e. The van der Waals surface area contributed by atoms with Crippen LogP contribution >= 0.6 is 0 Å². The van der Waals surface area contributed by atoms with Gasteiger partial charge >= 0.3 is 5.97 Å². The summed E-state index contributed by atoms with van der Waals surface area (Å²) in [7, 11) is 2.98. The largest absolute Gasteiger partial charge is 0.496 e. The van der Waals surface area contributed by atoms with Crippen molar-refractivity contribution in [3.8, 4) is 5.75 Å². The Bertz CT molecular complexity index is 481. The number of hydrogen-bond donors (Lipinski definition) is 1. The second kappa shape index (κ2) is 6.27. The molecule has 4 nitrogen and oxygen atoms in total. The Kier molecular flexibility index (Phi) is 5.17. The van der Waals surface area contributed by atoms with Crippen molar-refractivity contribution in [1.82, 2.24) is 0 Å². The Balaban J connectivity index is 3.29. The molecule has 0 radical (unpaired) electrons. The zero-order valence-corrected chi connectivity index (χ0v) is 13.2. The van der Waals surface area contributed by atoms with Crippen LogP contribution in [0.15, 0.2) is 18.2 Å². The number of nitrogens with two attached hydrogens (primary N) is 1. The van der Waals surface area contributed by atoms with E-state index in [1.807, 2.05) is 18.2 Å². The number of hydrogen-bond acceptors (Lipinski definition) is 4. The van der Waals surface area contributed by atoms with Crippen LogP contribution in [0.2, 0.25) is 0 Å². The maximum Gasteiger partial charge on any atom is 0.313 e. The zero-order chi connectivity index (χ0) is 15.5. The van der Waals surface area contributed by atoms with Crippen LogP contribution in [-0.4, -0.2) is 20.2 Å². The third-order valence-corrected chi connectivity index (χ3v) is 3.74. The number of benzene rings is 1. The molecular weight excluding hydrogens is 254 g/mol. The molecule has 1 rings (SSSR count). The normalized spacial score (nSPS) is 13.2. The van der Waals surface area contributed by atoms with Crippen LogP contribution in [0.5, 0.6) is 5.75 Å². The van der Waals surface area contributed by atoms with Gasteiger partial charge in [0.2, 0.25) is 0 Å². The second-order valence-electron chi connectivity index (χ2n) is 5.85. The first-order valence-corrected chi connectivity index (χ1v) is 6.77. The third-order valence-electron chi connectivity index (χ3n) is 3.74. The lowest BCUT2D eigenvalue weighted by atomic mass is 9.80. The lowest BCUT2D eigenvalue weighted by Crippen LogP contribution is -2.37. The summed E-state index contributed by atoms with van der Waals surface area (Å²) in [5, 5.41) is 0. The van der Waals surface area contributed by atoms with Crippen molar-refractivity contribution in [1.29, 1.82) is 0 Å². The molecule has 0 amide bonds. The molecule has 0 saturated heterocycles. The van der Waals surface area contributed by atoms with E-state index in [4.69, 9.17) is 15.2 Å². The van der Waals surface area contributed by atoms with E-state index < -0.39 is 11.5 Å². The number of ether oxygens (including phenoxy) is 2. The van der Waals surface area contributed by atoms with Crippen LogP contribution in [0.1, 0.15) is 50.8 Å². The monoisotopic (exact) mass is 279 g/mol. The van der Waals surface area contributed by atoms with Gasteiger partial charge in [0.1, 0.15) is 5.75 Å². The minimum atomic E-state index is -0.822. The second-order valence-corrected chi connectivity index (χ2v) is 5.85. The summed E-state index contributed by atoms with van der Waals surface area (Å²) >= 11 is 0. The zero-order valence-electron chi connectivity index (χ0n) is 13.2. The maximum atomic E-state index is 11.9. The number of methoxy groups -OCH3 is 2. The summed E-state index contributed by atoms with van der Waals surface area (Å²) in [5.41, 5.74) is 7.48. The molecule has 0 aliphatic carbocycles. The summed E-state index contributed by atoms with van der Waals surface area (Å²) in [4.78, 5) is 11.9. The highest BCUT2D eigenvalue weighted by Gasteiger charge is 2.38. The van der Waals surface area contributed by atoms with Crippen LogP contribution < -0.4 is 10.5 Å². The van der Waals surface area contributed by atoms with Crippen molar-refractivity contribution in [2.24, 2.45) is 11.1 Å². The van der Waals surface area contributed by atoms with Gasteiger partial charge in [0.15, 0.2) is 0 Å². The molecule has 1 aromatic carbocycles. The van der Waals surface area contributed by atoms with Crippen LogP contribution in [0.25, 0.3) is 0 Å². The molecule has 0 spiro atoms. The predicted molar refractivity (Wildman–Crippen MR) is 79.8 cm³/mol. The van der Waals surface area contributed by atoms with Gasteiger partial charge in [-0.3, -0.25) is 4.79 Å². The summed E-state index contributed by atoms with van der Waals surface area (Å²) in [6.07, 6.45) is 0. The molecule has 0 unspecified atom stereocenters. The SMILES string of the molecule is COC(=O)C(C)(C)[C@@H](N)c1cc(C(C)C)ccc1OC. The summed E-state index contributed by atoms with van der Waals surface area (Å²) < 4.78 is 10.2. The Morgan fingerprint density at radius 1 is 1.25 bits per heavy atom. The van der Waals surface area contributed by atoms with Crippen LogP contribution in [0.4, 0.5) is 0 Å². The highest BCUT2D eigenvalue weighted by molar-refractivity contribution is 5.77. The van der Waals surface area contributed by atoms with Crippen LogP contribution in [0.3, 0.4) is 0 Å². The van der Waals surface area contributed by atoms with Gasteiger partial charge < -0.3 is 15.2 Å². The molecule has 4 heteroatoms. The number of carbonyl (C=O) groups excluding carboxylic acids is 1. The van der Waals surface area contributed by atoms with Crippen molar-refractivity contribution < 1.29 is 14.3 Å². The Morgan fingerprint density at radius 3 is 2.30 bits per heavy atom. The van der Waals surface area contributed by atoms with Crippen LogP contribution in [-0.2, 0) is 9.53 Å². The molecule has 0 bridgehead atoms. The van der Waals surface area contributed by atoms with Crippen molar-refractivity contribution in [3.63, 3.8) is 0 Å². The van der Waals surface area contributed by atoms with Gasteiger partial charge in [-0.15, -0.1) is 0 Å². The maximum absolute atomic E-state index is 11.9. The molecule has 1 aromatic rings. The van der Waals surface area contributed by atoms with Crippen molar-refractivity contribution >= 4 is 5.97 Å². The molecule has 1 atom stereocenters. The van der Waals surface area contributed by atoms with E-state index in [2.05, 4.69) is 13.8 Å². The third kappa shape index (κ3) is 3.12. The molecule has 0 aliphatic heterocycles. The highest BCUT2D eigenvalue weighted by Crippen LogP contribution is 2.38. The molecule has 0 aromatic heterocycles. The average Bonchev–Trinajstić information content (AvgIpc) is 2.44. The molecule has 2 N–H and O–H groups in total. The van der Waals surface area contributed by atoms with Crippen molar-refractivity contribution in [2.45, 2.75) is 39.7 Å². The predicted octanol–water partition coefficient (Wildman–Crippen LogP) is 3.02. The molecule has 0 aliphatic rings. The molecule has 0 fully saturated rings. The number of carbonyl (C=O) groups is 1. The van der Waals surface area contributed by atoms with E-state index in [1.54, 1.807) is 21.0 Å². The van der Waals surface area contributed by atoms with Gasteiger partial charge in [-0.25, -0.2) is 0 Å². The topological polar surface area (TPSA) is 61.5 Å². The molecule has 0 heterocycles. The van der Waals surface area contributed by atoms with E-state index in [0.717, 1.165) is 11.1 Å². The lowest BCUT2D eigenvalue weighted by Gasteiger charge is -2.30. The van der Waals surface area contributed by atoms with Gasteiger partial charge in [0.25, 0.3) is 0 Å². The van der Waals surface area contributed by atoms with Gasteiger partial charge in [0.05, 0.1) is 19.6 Å². The molecule has 112 valence electrons. The van der Waals surface area contributed by atoms with E-state index >= 15 is 0 Å². The molecule has 20 heavy (non-hydrogen) atoms. The highest BCUT2D eigenvalue weighted by atomic mass is 16.5. The lowest BCUT2D eigenvalue weighted by molar-refractivity contribution is -0.152. The van der Waals surface area contributed by atoms with E-state index in [-0.39, 0.29) is 5.97 Å². The van der Waals surface area contributed by atoms with E-state index in [0.29, 0.717) is 11.7 Å². The van der Waals surface area contributed by atoms with Gasteiger partial charge in [-0.1, -0.05) is 26.0 Å². The minimum absolute atomic E-state index is 0.331. The van der Waals surface area contributed by atoms with Gasteiger partial charge in [0, 0.05) is 11.6 Å². The number of esters is 1. The van der Waals surface area contributed by atoms with Crippen molar-refractivity contribution in [2.75, 3.05) is 14.2 Å². The van der Waals surface area contributed by atoms with Gasteiger partial charge in [-0.05, 0) is 31.4 Å². The molecule has 0 saturated carbocycles. The summed E-state index contributed by atoms with van der Waals surface area (Å²) in [6.45, 7) is 7.79. The standard InChI is InChI=1S/C16H25NO3/c1-10(2)11-7-8-13(19-5)12(9-11)14(17)16(3,4)15(18)20-6/h7-10,14H,17H2,1-6H3/t14-/m0/s1. The van der Waals surface area contributed by atoms with E-state index in [1.165, 1.54) is 7.11 Å². The van der Waals surface area contributed by atoms with E-state index in [9.17, 15) is 4.79 Å². The smallest absolute Gasteiger partial charge is 0.313 e. The van der Waals surface area contributed by atoms with Crippen molar-refractivity contribution in [3.05, 3.63) is 29.3 Å². The first-order valence-electron chi connectivity index (χ1n) is 6.77. The summed E-state index contributed by atoms with van der Waals surface area (Å²) in [6, 6.07) is 5.44. The van der Waals surface area contributed by atoms with Gasteiger partial charge in [-0.2, -0.15) is 0 Å². The van der Waals surface area contributed by atoms with Crippen LogP contribution in [0, 0.1) is 5.41 Å². The number of rotatable bonds is 5. The average molecular weight is 279 g/mol. The first-order chi connectivity index (χ1) is 9.25. The fourth-order valence-electron chi connectivity index (χ4n) is 2.13. The molecular formula is C16H25NO3. The Hall–Kier alpha value is -1.55. The quantitative estimate of drug-likeness (QED) is 0.842. The Labute approximate surface area is 121 Å². The Morgan fingerprint density at radius 2 is 1.85 bits per heavy atom. The first kappa shape index (κ1) is 16.5.